The first kappa shape index (κ1) is 17.8. The number of aromatic nitrogens is 2. The van der Waals surface area contributed by atoms with Crippen LogP contribution in [0.25, 0.3) is 0 Å². The number of carbonyl (C=O) groups is 1. The Labute approximate surface area is 159 Å². The molecule has 2 unspecified atom stereocenters. The zero-order valence-electron chi connectivity index (χ0n) is 16.1. The van der Waals surface area contributed by atoms with Gasteiger partial charge in [0.05, 0.1) is 17.8 Å². The Morgan fingerprint density at radius 3 is 2.78 bits per heavy atom. The monoisotopic (exact) mass is 366 g/mol. The van der Waals surface area contributed by atoms with Gasteiger partial charge in [-0.15, -0.1) is 0 Å². The molecule has 0 fully saturated rings. The summed E-state index contributed by atoms with van der Waals surface area (Å²) in [7, 11) is 0. The van der Waals surface area contributed by atoms with Gasteiger partial charge < -0.3 is 10.2 Å². The largest absolute Gasteiger partial charge is 0.387 e. The topological polar surface area (TPSA) is 68.5 Å². The van der Waals surface area contributed by atoms with Crippen LogP contribution in [0.2, 0.25) is 0 Å². The molecule has 1 aliphatic heterocycles. The summed E-state index contributed by atoms with van der Waals surface area (Å²) in [6.07, 6.45) is 5.18. The van der Waals surface area contributed by atoms with Crippen LogP contribution in [-0.2, 0) is 21.6 Å². The minimum atomic E-state index is -0.183. The minimum absolute atomic E-state index is 0.0178. The highest BCUT2D eigenvalue weighted by Gasteiger charge is 2.32. The Bertz CT molecular complexity index is 864. The van der Waals surface area contributed by atoms with Gasteiger partial charge in [-0.3, -0.25) is 9.48 Å². The third kappa shape index (κ3) is 3.48. The van der Waals surface area contributed by atoms with Gasteiger partial charge >= 0.3 is 0 Å². The van der Waals surface area contributed by atoms with E-state index in [2.05, 4.69) is 41.0 Å². The highest BCUT2D eigenvalue weighted by molar-refractivity contribution is 6.39. The number of rotatable bonds is 3. The molecule has 6 heteroatoms. The number of oxime groups is 1. The molecule has 1 aliphatic carbocycles. The van der Waals surface area contributed by atoms with Crippen LogP contribution in [0.5, 0.6) is 0 Å². The lowest BCUT2D eigenvalue weighted by Crippen LogP contribution is -2.36. The maximum Gasteiger partial charge on any atom is 0.269 e. The van der Waals surface area contributed by atoms with Crippen molar-refractivity contribution in [2.75, 3.05) is 0 Å². The van der Waals surface area contributed by atoms with Gasteiger partial charge in [-0.05, 0) is 45.6 Å². The second kappa shape index (κ2) is 6.83. The quantitative estimate of drug-likeness (QED) is 0.901. The zero-order valence-corrected chi connectivity index (χ0v) is 16.1. The minimum Gasteiger partial charge on any atom is -0.387 e. The number of hydrogen-bond acceptors (Lipinski definition) is 4. The van der Waals surface area contributed by atoms with Crippen LogP contribution in [0.1, 0.15) is 69.0 Å². The van der Waals surface area contributed by atoms with Crippen LogP contribution >= 0.6 is 0 Å². The average molecular weight is 366 g/mol. The average Bonchev–Trinajstić information content (AvgIpc) is 3.30. The van der Waals surface area contributed by atoms with Crippen LogP contribution in [0.3, 0.4) is 0 Å². The van der Waals surface area contributed by atoms with Gasteiger partial charge in [0, 0.05) is 17.7 Å². The van der Waals surface area contributed by atoms with E-state index >= 15 is 0 Å². The summed E-state index contributed by atoms with van der Waals surface area (Å²) in [4.78, 5) is 18.2. The first-order chi connectivity index (χ1) is 12.9. The second-order valence-electron chi connectivity index (χ2n) is 8.29. The van der Waals surface area contributed by atoms with Crippen molar-refractivity contribution in [1.29, 1.82) is 0 Å². The molecule has 0 bridgehead atoms. The van der Waals surface area contributed by atoms with Crippen molar-refractivity contribution in [2.24, 2.45) is 5.16 Å². The number of carbonyl (C=O) groups excluding carboxylic acids is 1. The highest BCUT2D eigenvalue weighted by Crippen LogP contribution is 2.33. The number of hydrogen-bond donors (Lipinski definition) is 1. The number of amides is 1. The first-order valence-electron chi connectivity index (χ1n) is 9.59. The number of fused-ring (bicyclic) bond motifs is 1. The van der Waals surface area contributed by atoms with Gasteiger partial charge in [-0.2, -0.15) is 5.10 Å². The Hall–Kier alpha value is -2.63. The van der Waals surface area contributed by atoms with Crippen molar-refractivity contribution in [3.63, 3.8) is 0 Å². The SMILES string of the molecule is CC(C)(C)n1ncc2c1CCCC2NC(=O)C1=NOC(c2ccccc2)C1. The molecule has 0 saturated carbocycles. The van der Waals surface area contributed by atoms with E-state index in [0.29, 0.717) is 12.1 Å². The summed E-state index contributed by atoms with van der Waals surface area (Å²) in [5.41, 5.74) is 3.79. The molecule has 0 spiro atoms. The molecule has 4 rings (SSSR count). The van der Waals surface area contributed by atoms with Crippen molar-refractivity contribution < 1.29 is 9.63 Å². The summed E-state index contributed by atoms with van der Waals surface area (Å²) in [6, 6.07) is 9.87. The van der Waals surface area contributed by atoms with Gasteiger partial charge in [0.1, 0.15) is 5.71 Å². The van der Waals surface area contributed by atoms with Gasteiger partial charge in [0.25, 0.3) is 5.91 Å². The molecule has 142 valence electrons. The van der Waals surface area contributed by atoms with Crippen LogP contribution in [0.15, 0.2) is 41.7 Å². The third-order valence-electron chi connectivity index (χ3n) is 5.23. The van der Waals surface area contributed by atoms with Crippen LogP contribution in [-0.4, -0.2) is 21.4 Å². The van der Waals surface area contributed by atoms with Crippen LogP contribution < -0.4 is 5.32 Å². The van der Waals surface area contributed by atoms with E-state index in [4.69, 9.17) is 4.84 Å². The fourth-order valence-electron chi connectivity index (χ4n) is 3.88. The molecule has 6 nitrogen and oxygen atoms in total. The number of nitrogens with one attached hydrogen (secondary N) is 1. The summed E-state index contributed by atoms with van der Waals surface area (Å²) >= 11 is 0. The van der Waals surface area contributed by atoms with Gasteiger partial charge in [-0.25, -0.2) is 0 Å². The molecule has 2 atom stereocenters. The number of benzene rings is 1. The molecule has 2 aromatic rings. The molecule has 2 aliphatic rings. The number of nitrogens with zero attached hydrogens (tertiary/aromatic N) is 3. The standard InChI is InChI=1S/C21H26N4O2/c1-21(2,3)25-18-11-7-10-16(15(18)13-22-25)23-20(26)17-12-19(27-24-17)14-8-5-4-6-9-14/h4-6,8-9,13,16,19H,7,10-12H2,1-3H3,(H,23,26). The lowest BCUT2D eigenvalue weighted by molar-refractivity contribution is -0.115. The third-order valence-corrected chi connectivity index (χ3v) is 5.23. The molecular formula is C21H26N4O2. The molecule has 1 amide bonds. The summed E-state index contributed by atoms with van der Waals surface area (Å²) in [6.45, 7) is 6.45. The van der Waals surface area contributed by atoms with Gasteiger partial charge in [-0.1, -0.05) is 35.5 Å². The van der Waals surface area contributed by atoms with Crippen LogP contribution in [0, 0.1) is 0 Å². The van der Waals surface area contributed by atoms with Crippen molar-refractivity contribution in [1.82, 2.24) is 15.1 Å². The smallest absolute Gasteiger partial charge is 0.269 e. The lowest BCUT2D eigenvalue weighted by atomic mass is 9.92. The lowest BCUT2D eigenvalue weighted by Gasteiger charge is -2.28. The van der Waals surface area contributed by atoms with E-state index in [1.165, 1.54) is 5.69 Å². The summed E-state index contributed by atoms with van der Waals surface area (Å²) in [5, 5.41) is 11.8. The van der Waals surface area contributed by atoms with Crippen molar-refractivity contribution in [3.05, 3.63) is 53.3 Å². The fraction of sp³-hybridized carbons (Fsp3) is 0.476. The Morgan fingerprint density at radius 1 is 1.26 bits per heavy atom. The Kier molecular flexibility index (Phi) is 4.50. The zero-order chi connectivity index (χ0) is 19.0. The fourth-order valence-corrected chi connectivity index (χ4v) is 3.88. The molecule has 0 saturated heterocycles. The molecule has 0 radical (unpaired) electrons. The summed E-state index contributed by atoms with van der Waals surface area (Å²) in [5.74, 6) is -0.144. The van der Waals surface area contributed by atoms with Crippen LogP contribution in [0.4, 0.5) is 0 Å². The van der Waals surface area contributed by atoms with E-state index in [0.717, 1.165) is 30.4 Å². The predicted molar refractivity (Wildman–Crippen MR) is 103 cm³/mol. The van der Waals surface area contributed by atoms with Crippen molar-refractivity contribution in [3.8, 4) is 0 Å². The van der Waals surface area contributed by atoms with E-state index in [-0.39, 0.29) is 23.6 Å². The van der Waals surface area contributed by atoms with Gasteiger partial charge in [0.2, 0.25) is 0 Å². The maximum absolute atomic E-state index is 12.8. The molecule has 1 N–H and O–H groups in total. The second-order valence-corrected chi connectivity index (χ2v) is 8.29. The van der Waals surface area contributed by atoms with E-state index < -0.39 is 0 Å². The van der Waals surface area contributed by atoms with E-state index in [1.54, 1.807) is 0 Å². The molecule has 1 aromatic heterocycles. The van der Waals surface area contributed by atoms with E-state index in [1.807, 2.05) is 36.5 Å². The normalized spacial score (nSPS) is 22.0. The molecular weight excluding hydrogens is 340 g/mol. The van der Waals surface area contributed by atoms with Gasteiger partial charge in [0.15, 0.2) is 6.10 Å². The van der Waals surface area contributed by atoms with Crippen molar-refractivity contribution in [2.45, 2.75) is 64.1 Å². The summed E-state index contributed by atoms with van der Waals surface area (Å²) < 4.78 is 2.09. The molecule has 27 heavy (non-hydrogen) atoms. The Morgan fingerprint density at radius 2 is 2.04 bits per heavy atom. The Balaban J connectivity index is 1.45. The van der Waals surface area contributed by atoms with Crippen molar-refractivity contribution >= 4 is 11.6 Å². The first-order valence-corrected chi connectivity index (χ1v) is 9.59. The predicted octanol–water partition coefficient (Wildman–Crippen LogP) is 3.65. The maximum atomic E-state index is 12.8. The molecule has 1 aromatic carbocycles. The highest BCUT2D eigenvalue weighted by atomic mass is 16.6. The molecule has 2 heterocycles. The van der Waals surface area contributed by atoms with E-state index in [9.17, 15) is 4.79 Å².